The molecule has 5 nitrogen and oxygen atoms in total. The number of carbonyl (C=O) groups excluding carboxylic acids is 1. The molecule has 0 bridgehead atoms. The summed E-state index contributed by atoms with van der Waals surface area (Å²) in [6.07, 6.45) is -4.54. The zero-order chi connectivity index (χ0) is 24.5. The van der Waals surface area contributed by atoms with E-state index in [0.29, 0.717) is 31.5 Å². The smallest absolute Gasteiger partial charge is 0.380 e. The summed E-state index contributed by atoms with van der Waals surface area (Å²) in [5, 5.41) is 12.5. The molecule has 1 N–H and O–H groups in total. The highest BCUT2D eigenvalue weighted by Crippen LogP contribution is 2.50. The molecule has 1 unspecified atom stereocenters. The van der Waals surface area contributed by atoms with E-state index in [1.807, 2.05) is 0 Å². The fourth-order valence-corrected chi connectivity index (χ4v) is 4.76. The molecule has 3 aliphatic rings. The van der Waals surface area contributed by atoms with Crippen molar-refractivity contribution >= 4 is 34.8 Å². The lowest BCUT2D eigenvalue weighted by molar-refractivity contribution is -0.275. The summed E-state index contributed by atoms with van der Waals surface area (Å²) in [7, 11) is 0. The molecular weight excluding hydrogens is 499 g/mol. The first-order valence-corrected chi connectivity index (χ1v) is 11.3. The summed E-state index contributed by atoms with van der Waals surface area (Å²) in [4.78, 5) is 18.7. The number of aliphatic hydroxyl groups is 1. The van der Waals surface area contributed by atoms with Gasteiger partial charge in [0.1, 0.15) is 5.60 Å². The first-order chi connectivity index (χ1) is 15.9. The van der Waals surface area contributed by atoms with E-state index < -0.39 is 45.2 Å². The maximum absolute atomic E-state index is 14.1. The predicted octanol–water partition coefficient (Wildman–Crippen LogP) is 5.17. The number of oxime groups is 1. The molecule has 2 aromatic rings. The van der Waals surface area contributed by atoms with Gasteiger partial charge < -0.3 is 14.8 Å². The second kappa shape index (κ2) is 7.83. The highest BCUT2D eigenvalue weighted by Gasteiger charge is 2.62. The molecule has 0 radical (unpaired) electrons. The van der Waals surface area contributed by atoms with Crippen molar-refractivity contribution in [3.63, 3.8) is 0 Å². The minimum absolute atomic E-state index is 0.0711. The van der Waals surface area contributed by atoms with Crippen molar-refractivity contribution in [2.45, 2.75) is 42.6 Å². The molecule has 2 fully saturated rings. The van der Waals surface area contributed by atoms with Crippen molar-refractivity contribution in [2.24, 2.45) is 5.16 Å². The Morgan fingerprint density at radius 2 is 1.71 bits per heavy atom. The third-order valence-corrected chi connectivity index (χ3v) is 7.19. The van der Waals surface area contributed by atoms with Gasteiger partial charge in [-0.2, -0.15) is 13.2 Å². The predicted molar refractivity (Wildman–Crippen MR) is 116 cm³/mol. The van der Waals surface area contributed by atoms with Crippen LogP contribution in [0.2, 0.25) is 10.0 Å². The number of nitrogens with zero attached hydrogens (tertiary/aromatic N) is 2. The average Bonchev–Trinajstić information content (AvgIpc) is 3.33. The molecule has 1 amide bonds. The molecule has 2 heterocycles. The number of carbonyl (C=O) groups is 1. The maximum atomic E-state index is 14.1. The summed E-state index contributed by atoms with van der Waals surface area (Å²) in [6, 6.07) is 8.53. The Balaban J connectivity index is 1.32. The first kappa shape index (κ1) is 23.4. The molecule has 0 aromatic heterocycles. The first-order valence-electron chi connectivity index (χ1n) is 10.5. The number of hydrogen-bond donors (Lipinski definition) is 1. The van der Waals surface area contributed by atoms with Crippen molar-refractivity contribution in [1.82, 2.24) is 4.90 Å². The van der Waals surface area contributed by atoms with Gasteiger partial charge in [0, 0.05) is 31.0 Å². The average molecular weight is 517 g/mol. The quantitative estimate of drug-likeness (QED) is 0.450. The lowest BCUT2D eigenvalue weighted by Gasteiger charge is -2.40. The highest BCUT2D eigenvalue weighted by molar-refractivity contribution is 6.35. The molecule has 180 valence electrons. The largest absolute Gasteiger partial charge is 0.435 e. The molecule has 1 atom stereocenters. The highest BCUT2D eigenvalue weighted by atomic mass is 35.5. The van der Waals surface area contributed by atoms with Crippen LogP contribution in [-0.2, 0) is 15.2 Å². The third kappa shape index (κ3) is 3.74. The van der Waals surface area contributed by atoms with Gasteiger partial charge in [-0.15, -0.1) is 0 Å². The molecule has 34 heavy (non-hydrogen) atoms. The Bertz CT molecular complexity index is 1170. The molecule has 2 aliphatic heterocycles. The summed E-state index contributed by atoms with van der Waals surface area (Å²) in [5.74, 6) is -1.18. The van der Waals surface area contributed by atoms with Crippen molar-refractivity contribution < 1.29 is 32.3 Å². The van der Waals surface area contributed by atoms with Crippen molar-refractivity contribution in [3.05, 3.63) is 69.0 Å². The third-order valence-electron chi connectivity index (χ3n) is 6.64. The van der Waals surface area contributed by atoms with Crippen LogP contribution in [0, 0.1) is 5.82 Å². The number of halogens is 6. The molecular formula is C23H18Cl2F4N2O3. The van der Waals surface area contributed by atoms with Crippen molar-refractivity contribution in [3.8, 4) is 0 Å². The fraction of sp³-hybridized carbons (Fsp3) is 0.391. The molecule has 1 aliphatic carbocycles. The van der Waals surface area contributed by atoms with Crippen LogP contribution in [0.15, 0.2) is 41.6 Å². The van der Waals surface area contributed by atoms with Gasteiger partial charge in [0.05, 0.1) is 15.8 Å². The van der Waals surface area contributed by atoms with Crippen LogP contribution < -0.4 is 0 Å². The van der Waals surface area contributed by atoms with Gasteiger partial charge >= 0.3 is 6.18 Å². The van der Waals surface area contributed by atoms with E-state index in [1.54, 1.807) is 29.2 Å². The second-order valence-corrected chi connectivity index (χ2v) is 9.76. The number of rotatable bonds is 4. The molecule has 11 heteroatoms. The minimum Gasteiger partial charge on any atom is -0.380 e. The maximum Gasteiger partial charge on any atom is 0.435 e. The number of amides is 1. The molecule has 1 saturated heterocycles. The lowest BCUT2D eigenvalue weighted by Crippen LogP contribution is -2.52. The van der Waals surface area contributed by atoms with Gasteiger partial charge in [0.2, 0.25) is 0 Å². The Morgan fingerprint density at radius 3 is 2.24 bits per heavy atom. The fourth-order valence-electron chi connectivity index (χ4n) is 4.28. The number of likely N-dealkylation sites (tertiary alicyclic amines) is 1. The molecule has 1 saturated carbocycles. The van der Waals surface area contributed by atoms with E-state index in [4.69, 9.17) is 28.0 Å². The van der Waals surface area contributed by atoms with Crippen LogP contribution in [-0.4, -0.2) is 46.5 Å². The van der Waals surface area contributed by atoms with E-state index in [0.717, 1.165) is 17.7 Å². The zero-order valence-corrected chi connectivity index (χ0v) is 19.0. The van der Waals surface area contributed by atoms with Gasteiger partial charge in [-0.1, -0.05) is 52.6 Å². The minimum atomic E-state index is -4.88. The van der Waals surface area contributed by atoms with Gasteiger partial charge in [-0.05, 0) is 36.1 Å². The van der Waals surface area contributed by atoms with Crippen molar-refractivity contribution in [1.29, 1.82) is 0 Å². The van der Waals surface area contributed by atoms with E-state index >= 15 is 0 Å². The van der Waals surface area contributed by atoms with Crippen LogP contribution in [0.4, 0.5) is 17.6 Å². The van der Waals surface area contributed by atoms with Gasteiger partial charge in [0.25, 0.3) is 11.5 Å². The van der Waals surface area contributed by atoms with Crippen LogP contribution in [0.25, 0.3) is 0 Å². The van der Waals surface area contributed by atoms with Crippen molar-refractivity contribution in [2.75, 3.05) is 13.1 Å². The van der Waals surface area contributed by atoms with E-state index in [9.17, 15) is 27.5 Å². The normalized spacial score (nSPS) is 23.9. The molecule has 5 rings (SSSR count). The Hall–Kier alpha value is -2.36. The topological polar surface area (TPSA) is 62.1 Å². The van der Waals surface area contributed by atoms with Gasteiger partial charge in [-0.25, -0.2) is 4.39 Å². The monoisotopic (exact) mass is 516 g/mol. The van der Waals surface area contributed by atoms with E-state index in [2.05, 4.69) is 5.16 Å². The van der Waals surface area contributed by atoms with Gasteiger partial charge in [-0.3, -0.25) is 4.79 Å². The summed E-state index contributed by atoms with van der Waals surface area (Å²) >= 11 is 11.5. The Morgan fingerprint density at radius 1 is 1.12 bits per heavy atom. The second-order valence-electron chi connectivity index (χ2n) is 8.95. The SMILES string of the molecule is O=C(N1CC(c2ccc(C3=NOC(c4cc(Cl)c(F)c(Cl)c4)(C(F)(F)F)C3)cc2)C1)C1(O)CC1. The Labute approximate surface area is 201 Å². The van der Waals surface area contributed by atoms with Crippen LogP contribution >= 0.6 is 23.2 Å². The zero-order valence-electron chi connectivity index (χ0n) is 17.5. The summed E-state index contributed by atoms with van der Waals surface area (Å²) < 4.78 is 56.2. The molecule has 2 aromatic carbocycles. The number of alkyl halides is 3. The van der Waals surface area contributed by atoms with Crippen LogP contribution in [0.3, 0.4) is 0 Å². The van der Waals surface area contributed by atoms with E-state index in [1.165, 1.54) is 0 Å². The number of hydrogen-bond acceptors (Lipinski definition) is 4. The number of benzene rings is 2. The Kier molecular flexibility index (Phi) is 5.38. The molecule has 0 spiro atoms. The van der Waals surface area contributed by atoms with E-state index in [-0.39, 0.29) is 17.5 Å². The standard InChI is InChI=1S/C23H18Cl2F4N2O3/c24-16-7-15(8-17(25)19(16)26)22(23(27,28)29)9-18(30-34-22)13-3-1-12(2-4-13)14-10-31(11-14)20(32)21(33)5-6-21/h1-4,7-8,14,33H,5-6,9-11H2. The van der Waals surface area contributed by atoms with Crippen LogP contribution in [0.1, 0.15) is 41.9 Å². The summed E-state index contributed by atoms with van der Waals surface area (Å²) in [6.45, 7) is 0.960. The van der Waals surface area contributed by atoms with Crippen LogP contribution in [0.5, 0.6) is 0 Å². The van der Waals surface area contributed by atoms with Gasteiger partial charge in [0.15, 0.2) is 5.82 Å². The summed E-state index contributed by atoms with van der Waals surface area (Å²) in [5.41, 5.74) is -3.05. The lowest BCUT2D eigenvalue weighted by atomic mass is 9.85.